The van der Waals surface area contributed by atoms with Gasteiger partial charge in [-0.25, -0.2) is 0 Å². The fraction of sp³-hybridized carbons (Fsp3) is 0.905. The van der Waals surface area contributed by atoms with E-state index in [0.717, 1.165) is 51.0 Å². The van der Waals surface area contributed by atoms with Gasteiger partial charge in [-0.15, -0.1) is 0 Å². The molecule has 2 rings (SSSR count). The van der Waals surface area contributed by atoms with Crippen molar-refractivity contribution in [2.75, 3.05) is 39.3 Å². The summed E-state index contributed by atoms with van der Waals surface area (Å²) in [6, 6.07) is 0. The van der Waals surface area contributed by atoms with Crippen LogP contribution in [0.5, 0.6) is 0 Å². The number of likely N-dealkylation sites (tertiary alicyclic amines) is 1. The van der Waals surface area contributed by atoms with E-state index < -0.39 is 0 Å². The highest BCUT2D eigenvalue weighted by Crippen LogP contribution is 2.26. The number of guanidine groups is 1. The van der Waals surface area contributed by atoms with Crippen molar-refractivity contribution in [3.05, 3.63) is 0 Å². The van der Waals surface area contributed by atoms with Gasteiger partial charge >= 0.3 is 0 Å². The summed E-state index contributed by atoms with van der Waals surface area (Å²) in [7, 11) is 0. The highest BCUT2D eigenvalue weighted by Gasteiger charge is 2.24. The van der Waals surface area contributed by atoms with Crippen molar-refractivity contribution in [2.45, 2.75) is 72.3 Å². The first-order chi connectivity index (χ1) is 12.9. The van der Waals surface area contributed by atoms with Crippen LogP contribution in [0.4, 0.5) is 0 Å². The number of hydrogen-bond acceptors (Lipinski definition) is 3. The minimum Gasteiger partial charge on any atom is -0.378 e. The van der Waals surface area contributed by atoms with Crippen LogP contribution in [0, 0.1) is 11.3 Å². The van der Waals surface area contributed by atoms with E-state index in [4.69, 9.17) is 9.73 Å². The Morgan fingerprint density at radius 2 is 1.78 bits per heavy atom. The Balaban J connectivity index is 1.71. The van der Waals surface area contributed by atoms with Crippen molar-refractivity contribution in [3.63, 3.8) is 0 Å². The Morgan fingerprint density at radius 1 is 1.11 bits per heavy atom. The van der Waals surface area contributed by atoms with Crippen LogP contribution >= 0.6 is 0 Å². The largest absolute Gasteiger partial charge is 0.378 e. The summed E-state index contributed by atoms with van der Waals surface area (Å²) in [4.78, 5) is 19.0. The summed E-state index contributed by atoms with van der Waals surface area (Å²) in [5.74, 6) is 1.82. The summed E-state index contributed by atoms with van der Waals surface area (Å²) in [5, 5.41) is 6.35. The van der Waals surface area contributed by atoms with E-state index in [0.29, 0.717) is 19.2 Å². The molecule has 1 heterocycles. The third-order valence-electron chi connectivity index (χ3n) is 5.46. The van der Waals surface area contributed by atoms with Crippen LogP contribution < -0.4 is 10.6 Å². The van der Waals surface area contributed by atoms with Crippen molar-refractivity contribution in [3.8, 4) is 0 Å². The van der Waals surface area contributed by atoms with Gasteiger partial charge in [-0.2, -0.15) is 0 Å². The molecular weight excluding hydrogens is 340 g/mol. The Kier molecular flexibility index (Phi) is 8.87. The smallest absolute Gasteiger partial charge is 0.225 e. The topological polar surface area (TPSA) is 66.0 Å². The van der Waals surface area contributed by atoms with E-state index in [1.165, 1.54) is 25.7 Å². The summed E-state index contributed by atoms with van der Waals surface area (Å²) < 4.78 is 6.18. The molecule has 1 saturated carbocycles. The van der Waals surface area contributed by atoms with Crippen LogP contribution in [0.3, 0.4) is 0 Å². The van der Waals surface area contributed by atoms with Crippen LogP contribution in [0.2, 0.25) is 0 Å². The van der Waals surface area contributed by atoms with Gasteiger partial charge in [0.1, 0.15) is 0 Å². The molecule has 0 aromatic rings. The third-order valence-corrected chi connectivity index (χ3v) is 5.46. The number of rotatable bonds is 7. The Morgan fingerprint density at radius 3 is 2.37 bits per heavy atom. The second kappa shape index (κ2) is 10.9. The molecule has 2 fully saturated rings. The van der Waals surface area contributed by atoms with Crippen molar-refractivity contribution in [1.82, 2.24) is 15.5 Å². The van der Waals surface area contributed by atoms with Crippen molar-refractivity contribution in [1.29, 1.82) is 0 Å². The molecule has 1 saturated heterocycles. The zero-order chi connectivity index (χ0) is 19.7. The lowest BCUT2D eigenvalue weighted by atomic mass is 9.96. The average Bonchev–Trinajstić information content (AvgIpc) is 3.15. The highest BCUT2D eigenvalue weighted by atomic mass is 16.5. The first kappa shape index (κ1) is 22.0. The number of nitrogens with zero attached hydrogens (tertiary/aromatic N) is 2. The molecular formula is C21H40N4O2. The van der Waals surface area contributed by atoms with Crippen LogP contribution in [0.1, 0.15) is 66.2 Å². The van der Waals surface area contributed by atoms with Gasteiger partial charge in [0.25, 0.3) is 0 Å². The maximum atomic E-state index is 11.9. The second-order valence-electron chi connectivity index (χ2n) is 8.91. The monoisotopic (exact) mass is 380 g/mol. The van der Waals surface area contributed by atoms with E-state index >= 15 is 0 Å². The number of aliphatic imine (C=N–C) groups is 1. The number of piperidine rings is 1. The zero-order valence-electron chi connectivity index (χ0n) is 17.9. The number of amides is 1. The Bertz CT molecular complexity index is 473. The molecule has 2 N–H and O–H groups in total. The van der Waals surface area contributed by atoms with Gasteiger partial charge in [0, 0.05) is 38.2 Å². The van der Waals surface area contributed by atoms with Crippen LogP contribution in [-0.4, -0.2) is 62.2 Å². The molecule has 0 spiro atoms. The number of carbonyl (C=O) groups is 1. The standard InChI is InChI=1S/C21H40N4O2/c1-5-22-20(24-13-12-23-19(26)21(2,3)4)25-14-10-18(11-15-25)27-16-17-8-6-7-9-17/h17-18H,5-16H2,1-4H3,(H,22,24)(H,23,26). The molecule has 0 unspecified atom stereocenters. The summed E-state index contributed by atoms with van der Waals surface area (Å²) in [5.41, 5.74) is -0.353. The molecule has 1 aliphatic heterocycles. The van der Waals surface area contributed by atoms with E-state index in [-0.39, 0.29) is 11.3 Å². The fourth-order valence-corrected chi connectivity index (χ4v) is 3.71. The minimum atomic E-state index is -0.353. The lowest BCUT2D eigenvalue weighted by Crippen LogP contribution is -2.47. The molecule has 156 valence electrons. The number of hydrogen-bond donors (Lipinski definition) is 2. The molecule has 0 radical (unpaired) electrons. The first-order valence-electron chi connectivity index (χ1n) is 10.8. The summed E-state index contributed by atoms with van der Waals surface area (Å²) >= 11 is 0. The van der Waals surface area contributed by atoms with Gasteiger partial charge in [-0.3, -0.25) is 9.79 Å². The van der Waals surface area contributed by atoms with Crippen LogP contribution in [0.15, 0.2) is 4.99 Å². The highest BCUT2D eigenvalue weighted by molar-refractivity contribution is 5.81. The van der Waals surface area contributed by atoms with Gasteiger partial charge in [0.2, 0.25) is 5.91 Å². The van der Waals surface area contributed by atoms with Crippen molar-refractivity contribution in [2.24, 2.45) is 16.3 Å². The van der Waals surface area contributed by atoms with E-state index in [1.807, 2.05) is 20.8 Å². The maximum Gasteiger partial charge on any atom is 0.225 e. The minimum absolute atomic E-state index is 0.0722. The summed E-state index contributed by atoms with van der Waals surface area (Å²) in [6.07, 6.45) is 7.99. The predicted octanol–water partition coefficient (Wildman–Crippen LogP) is 2.79. The molecule has 1 aliphatic carbocycles. The third kappa shape index (κ3) is 7.68. The average molecular weight is 381 g/mol. The van der Waals surface area contributed by atoms with E-state index in [2.05, 4.69) is 22.5 Å². The van der Waals surface area contributed by atoms with Gasteiger partial charge in [0.15, 0.2) is 5.96 Å². The predicted molar refractivity (Wildman–Crippen MR) is 111 cm³/mol. The quantitative estimate of drug-likeness (QED) is 0.405. The van der Waals surface area contributed by atoms with Gasteiger partial charge in [-0.1, -0.05) is 33.6 Å². The molecule has 0 aromatic carbocycles. The lowest BCUT2D eigenvalue weighted by Gasteiger charge is -2.34. The number of ether oxygens (including phenoxy) is 1. The summed E-state index contributed by atoms with van der Waals surface area (Å²) in [6.45, 7) is 12.8. The van der Waals surface area contributed by atoms with Gasteiger partial charge in [-0.05, 0) is 38.5 Å². The number of nitrogens with one attached hydrogen (secondary N) is 2. The maximum absolute atomic E-state index is 11.9. The Labute approximate surface area is 165 Å². The Hall–Kier alpha value is -1.30. The first-order valence-corrected chi connectivity index (χ1v) is 10.8. The van der Waals surface area contributed by atoms with Crippen molar-refractivity contribution < 1.29 is 9.53 Å². The fourth-order valence-electron chi connectivity index (χ4n) is 3.71. The van der Waals surface area contributed by atoms with Crippen LogP contribution in [-0.2, 0) is 9.53 Å². The van der Waals surface area contributed by atoms with E-state index in [1.54, 1.807) is 0 Å². The van der Waals surface area contributed by atoms with Crippen LogP contribution in [0.25, 0.3) is 0 Å². The molecule has 0 atom stereocenters. The normalized spacial score (nSPS) is 20.1. The molecule has 2 aliphatic rings. The van der Waals surface area contributed by atoms with Crippen molar-refractivity contribution >= 4 is 11.9 Å². The molecule has 27 heavy (non-hydrogen) atoms. The molecule has 1 amide bonds. The SMILES string of the molecule is CCNC(=NCCNC(=O)C(C)(C)C)N1CCC(OCC2CCCC2)CC1. The van der Waals surface area contributed by atoms with E-state index in [9.17, 15) is 4.79 Å². The molecule has 6 nitrogen and oxygen atoms in total. The number of carbonyl (C=O) groups excluding carboxylic acids is 1. The molecule has 6 heteroatoms. The second-order valence-corrected chi connectivity index (χ2v) is 8.91. The zero-order valence-corrected chi connectivity index (χ0v) is 17.9. The lowest BCUT2D eigenvalue weighted by molar-refractivity contribution is -0.128. The molecule has 0 aromatic heterocycles. The van der Waals surface area contributed by atoms with Gasteiger partial charge < -0.3 is 20.3 Å². The van der Waals surface area contributed by atoms with Gasteiger partial charge in [0.05, 0.1) is 12.6 Å². The molecule has 0 bridgehead atoms.